The van der Waals surface area contributed by atoms with Gasteiger partial charge in [0, 0.05) is 18.9 Å². The molecule has 0 radical (unpaired) electrons. The zero-order valence-electron chi connectivity index (χ0n) is 10.3. The molecule has 1 aliphatic rings. The van der Waals surface area contributed by atoms with Crippen molar-refractivity contribution in [1.29, 1.82) is 0 Å². The van der Waals surface area contributed by atoms with Gasteiger partial charge in [-0.15, -0.1) is 0 Å². The van der Waals surface area contributed by atoms with Crippen LogP contribution in [0.1, 0.15) is 19.8 Å². The molecular formula is C13H17F2N2O+. The molecule has 0 aliphatic carbocycles. The molecule has 0 spiro atoms. The molecule has 1 atom stereocenters. The van der Waals surface area contributed by atoms with Crippen molar-refractivity contribution < 1.29 is 18.5 Å². The van der Waals surface area contributed by atoms with Crippen LogP contribution >= 0.6 is 0 Å². The minimum absolute atomic E-state index is 0.0922. The highest BCUT2D eigenvalue weighted by Crippen LogP contribution is 2.15. The molecule has 1 heterocycles. The van der Waals surface area contributed by atoms with Crippen molar-refractivity contribution in [2.45, 2.75) is 25.8 Å². The van der Waals surface area contributed by atoms with Crippen LogP contribution in [0, 0.1) is 11.6 Å². The number of likely N-dealkylation sites (tertiary alicyclic amines) is 1. The molecule has 0 unspecified atom stereocenters. The van der Waals surface area contributed by atoms with E-state index in [4.69, 9.17) is 0 Å². The van der Waals surface area contributed by atoms with Gasteiger partial charge < -0.3 is 10.2 Å². The summed E-state index contributed by atoms with van der Waals surface area (Å²) in [4.78, 5) is 13.1. The number of anilines is 1. The second-order valence-corrected chi connectivity index (χ2v) is 4.70. The summed E-state index contributed by atoms with van der Waals surface area (Å²) in [7, 11) is 0. The molecule has 18 heavy (non-hydrogen) atoms. The maximum atomic E-state index is 13.4. The highest BCUT2D eigenvalue weighted by molar-refractivity contribution is 5.93. The molecule has 5 heteroatoms. The molecule has 1 aliphatic heterocycles. The van der Waals surface area contributed by atoms with E-state index in [9.17, 15) is 13.6 Å². The first-order chi connectivity index (χ1) is 8.58. The number of hydrogen-bond donors (Lipinski definition) is 2. The number of quaternary nitrogens is 1. The van der Waals surface area contributed by atoms with Crippen LogP contribution in [0.2, 0.25) is 0 Å². The molecule has 1 aromatic rings. The first-order valence-electron chi connectivity index (χ1n) is 6.18. The Balaban J connectivity index is 2.03. The summed E-state index contributed by atoms with van der Waals surface area (Å²) < 4.78 is 26.4. The maximum absolute atomic E-state index is 13.4. The van der Waals surface area contributed by atoms with Gasteiger partial charge in [0.15, 0.2) is 6.04 Å². The quantitative estimate of drug-likeness (QED) is 0.829. The van der Waals surface area contributed by atoms with Crippen molar-refractivity contribution in [1.82, 2.24) is 0 Å². The van der Waals surface area contributed by atoms with Gasteiger partial charge in [-0.05, 0) is 19.1 Å². The predicted octanol–water partition coefficient (Wildman–Crippen LogP) is 0.970. The third kappa shape index (κ3) is 2.85. The molecule has 98 valence electrons. The molecule has 2 N–H and O–H groups in total. The fourth-order valence-corrected chi connectivity index (χ4v) is 2.28. The fourth-order valence-electron chi connectivity index (χ4n) is 2.28. The summed E-state index contributed by atoms with van der Waals surface area (Å²) >= 11 is 0. The Kier molecular flexibility index (Phi) is 3.91. The van der Waals surface area contributed by atoms with Crippen LogP contribution in [-0.4, -0.2) is 25.0 Å². The second-order valence-electron chi connectivity index (χ2n) is 4.70. The van der Waals surface area contributed by atoms with Crippen molar-refractivity contribution in [3.63, 3.8) is 0 Å². The first kappa shape index (κ1) is 13.0. The summed E-state index contributed by atoms with van der Waals surface area (Å²) in [5.74, 6) is -1.45. The Morgan fingerprint density at radius 3 is 2.67 bits per heavy atom. The Bertz CT molecular complexity index is 445. The average molecular weight is 255 g/mol. The van der Waals surface area contributed by atoms with Gasteiger partial charge in [0.2, 0.25) is 0 Å². The lowest BCUT2D eigenvalue weighted by atomic mass is 10.2. The van der Waals surface area contributed by atoms with Gasteiger partial charge in [0.25, 0.3) is 5.91 Å². The van der Waals surface area contributed by atoms with Crippen molar-refractivity contribution in [2.24, 2.45) is 0 Å². The van der Waals surface area contributed by atoms with Crippen LogP contribution in [-0.2, 0) is 4.79 Å². The lowest BCUT2D eigenvalue weighted by molar-refractivity contribution is -0.901. The number of benzene rings is 1. The van der Waals surface area contributed by atoms with E-state index in [1.54, 1.807) is 0 Å². The smallest absolute Gasteiger partial charge is 0.282 e. The van der Waals surface area contributed by atoms with Gasteiger partial charge in [-0.2, -0.15) is 0 Å². The molecule has 1 fully saturated rings. The predicted molar refractivity (Wildman–Crippen MR) is 64.4 cm³/mol. The molecule has 0 aromatic heterocycles. The number of hydrogen-bond acceptors (Lipinski definition) is 1. The van der Waals surface area contributed by atoms with Gasteiger partial charge in [-0.3, -0.25) is 4.79 Å². The van der Waals surface area contributed by atoms with Gasteiger partial charge in [-0.25, -0.2) is 8.78 Å². The van der Waals surface area contributed by atoms with E-state index >= 15 is 0 Å². The molecule has 2 rings (SSSR count). The van der Waals surface area contributed by atoms with Gasteiger partial charge in [0.1, 0.15) is 11.6 Å². The van der Waals surface area contributed by atoms with E-state index in [0.29, 0.717) is 0 Å². The van der Waals surface area contributed by atoms with Crippen LogP contribution in [0.3, 0.4) is 0 Å². The molecule has 0 saturated carbocycles. The number of nitrogens with one attached hydrogen (secondary N) is 2. The number of carbonyl (C=O) groups excluding carboxylic acids is 1. The van der Waals surface area contributed by atoms with Crippen LogP contribution in [0.4, 0.5) is 14.5 Å². The van der Waals surface area contributed by atoms with Crippen molar-refractivity contribution in [2.75, 3.05) is 18.4 Å². The Hall–Kier alpha value is -1.49. The fraction of sp³-hybridized carbons (Fsp3) is 0.462. The molecular weight excluding hydrogens is 238 g/mol. The summed E-state index contributed by atoms with van der Waals surface area (Å²) in [6.45, 7) is 3.73. The molecule has 1 amide bonds. The highest BCUT2D eigenvalue weighted by atomic mass is 19.1. The topological polar surface area (TPSA) is 33.5 Å². The normalized spacial score (nSPS) is 17.7. The summed E-state index contributed by atoms with van der Waals surface area (Å²) in [6, 6.07) is 2.80. The lowest BCUT2D eigenvalue weighted by Crippen LogP contribution is -3.14. The van der Waals surface area contributed by atoms with E-state index in [1.807, 2.05) is 6.92 Å². The third-order valence-electron chi connectivity index (χ3n) is 3.44. The lowest BCUT2D eigenvalue weighted by Gasteiger charge is -2.20. The number of carbonyl (C=O) groups is 1. The summed E-state index contributed by atoms with van der Waals surface area (Å²) in [5, 5.41) is 2.45. The SMILES string of the molecule is C[C@H](C(=O)Nc1cc(F)ccc1F)[NH+]1CCCC1. The Labute approximate surface area is 105 Å². The Morgan fingerprint density at radius 1 is 1.33 bits per heavy atom. The largest absolute Gasteiger partial charge is 0.325 e. The highest BCUT2D eigenvalue weighted by Gasteiger charge is 2.28. The summed E-state index contributed by atoms with van der Waals surface area (Å²) in [5.41, 5.74) is -0.0922. The minimum atomic E-state index is -0.617. The van der Waals surface area contributed by atoms with Crippen molar-refractivity contribution in [3.8, 4) is 0 Å². The van der Waals surface area contributed by atoms with Crippen molar-refractivity contribution >= 4 is 11.6 Å². The first-order valence-corrected chi connectivity index (χ1v) is 6.18. The van der Waals surface area contributed by atoms with Crippen LogP contribution in [0.25, 0.3) is 0 Å². The molecule has 0 bridgehead atoms. The molecule has 1 aromatic carbocycles. The van der Waals surface area contributed by atoms with Crippen LogP contribution in [0.15, 0.2) is 18.2 Å². The van der Waals surface area contributed by atoms with Crippen molar-refractivity contribution in [3.05, 3.63) is 29.8 Å². The third-order valence-corrected chi connectivity index (χ3v) is 3.44. The van der Waals surface area contributed by atoms with E-state index in [2.05, 4.69) is 5.32 Å². The maximum Gasteiger partial charge on any atom is 0.282 e. The van der Waals surface area contributed by atoms with E-state index in [-0.39, 0.29) is 17.6 Å². The molecule has 3 nitrogen and oxygen atoms in total. The van der Waals surface area contributed by atoms with Crippen LogP contribution in [0.5, 0.6) is 0 Å². The Morgan fingerprint density at radius 2 is 2.00 bits per heavy atom. The minimum Gasteiger partial charge on any atom is -0.325 e. The second kappa shape index (κ2) is 5.44. The zero-order chi connectivity index (χ0) is 13.1. The van der Waals surface area contributed by atoms with Gasteiger partial charge in [0.05, 0.1) is 18.8 Å². The van der Waals surface area contributed by atoms with Gasteiger partial charge >= 0.3 is 0 Å². The monoisotopic (exact) mass is 255 g/mol. The average Bonchev–Trinajstić information content (AvgIpc) is 2.86. The standard InChI is InChI=1S/C13H16F2N2O/c1-9(17-6-2-3-7-17)13(18)16-12-8-10(14)4-5-11(12)15/h4-5,8-9H,2-3,6-7H2,1H3,(H,16,18)/p+1/t9-/m1/s1. The number of rotatable bonds is 3. The van der Waals surface area contributed by atoms with Crippen LogP contribution < -0.4 is 10.2 Å². The zero-order valence-corrected chi connectivity index (χ0v) is 10.3. The van der Waals surface area contributed by atoms with Gasteiger partial charge in [-0.1, -0.05) is 0 Å². The van der Waals surface area contributed by atoms with E-state index < -0.39 is 11.6 Å². The number of halogens is 2. The molecule has 1 saturated heterocycles. The summed E-state index contributed by atoms with van der Waals surface area (Å²) in [6.07, 6.45) is 2.22. The number of amides is 1. The van der Waals surface area contributed by atoms with E-state index in [0.717, 1.165) is 44.1 Å². The van der Waals surface area contributed by atoms with E-state index in [1.165, 1.54) is 4.90 Å².